The summed E-state index contributed by atoms with van der Waals surface area (Å²) >= 11 is 3.49. The third kappa shape index (κ3) is 5.25. The maximum atomic E-state index is 12.0. The quantitative estimate of drug-likeness (QED) is 0.470. The van der Waals surface area contributed by atoms with Crippen LogP contribution in [0.1, 0.15) is 24.8 Å². The summed E-state index contributed by atoms with van der Waals surface area (Å²) in [5.74, 6) is 1.65. The molecule has 2 aromatic carbocycles. The summed E-state index contributed by atoms with van der Waals surface area (Å²) in [6, 6.07) is 15.7. The maximum Gasteiger partial charge on any atom is 0.225 e. The number of guanidine groups is 1. The van der Waals surface area contributed by atoms with Crippen LogP contribution in [0.25, 0.3) is 0 Å². The summed E-state index contributed by atoms with van der Waals surface area (Å²) in [4.78, 5) is 16.2. The van der Waals surface area contributed by atoms with E-state index >= 15 is 0 Å². The Labute approximate surface area is 173 Å². The topological polar surface area (TPSA) is 74.8 Å². The van der Waals surface area contributed by atoms with Gasteiger partial charge in [0.25, 0.3) is 0 Å². The number of carbonyl (C=O) groups excluding carboxylic acids is 1. The van der Waals surface area contributed by atoms with Gasteiger partial charge in [-0.1, -0.05) is 30.3 Å². The number of rotatable bonds is 6. The highest BCUT2D eigenvalue weighted by molar-refractivity contribution is 9.10. The summed E-state index contributed by atoms with van der Waals surface area (Å²) in [6.07, 6.45) is 0.418. The molecule has 0 radical (unpaired) electrons. The van der Waals surface area contributed by atoms with Crippen LogP contribution >= 0.6 is 15.9 Å². The van der Waals surface area contributed by atoms with Gasteiger partial charge in [0.2, 0.25) is 5.91 Å². The Bertz CT molecular complexity index is 856. The maximum absolute atomic E-state index is 12.0. The Morgan fingerprint density at radius 1 is 1.25 bits per heavy atom. The van der Waals surface area contributed by atoms with Crippen LogP contribution in [0.15, 0.2) is 58.0 Å². The summed E-state index contributed by atoms with van der Waals surface area (Å²) in [6.45, 7) is 3.23. The van der Waals surface area contributed by atoms with Crippen LogP contribution in [0.5, 0.6) is 5.75 Å². The van der Waals surface area contributed by atoms with Gasteiger partial charge >= 0.3 is 0 Å². The molecule has 2 aromatic rings. The summed E-state index contributed by atoms with van der Waals surface area (Å²) in [5, 5.41) is 9.53. The number of anilines is 1. The van der Waals surface area contributed by atoms with E-state index in [9.17, 15) is 4.79 Å². The van der Waals surface area contributed by atoms with Gasteiger partial charge in [0, 0.05) is 31.6 Å². The van der Waals surface area contributed by atoms with Crippen LogP contribution in [0, 0.1) is 0 Å². The first-order valence-corrected chi connectivity index (χ1v) is 10.1. The van der Waals surface area contributed by atoms with E-state index < -0.39 is 0 Å². The number of carbonyl (C=O) groups is 1. The second-order valence-corrected chi connectivity index (χ2v) is 7.58. The smallest absolute Gasteiger partial charge is 0.225 e. The van der Waals surface area contributed by atoms with Crippen molar-refractivity contribution in [3.05, 3.63) is 58.6 Å². The molecule has 3 rings (SSSR count). The number of hydrogen-bond donors (Lipinski definition) is 3. The highest BCUT2D eigenvalue weighted by Gasteiger charge is 2.24. The fourth-order valence-corrected chi connectivity index (χ4v) is 3.54. The zero-order valence-corrected chi connectivity index (χ0v) is 17.6. The SMILES string of the molecule is CN=C(NCC(C)Oc1ccccc1Br)NCC1CC(=O)Nc2ccccc21. The van der Waals surface area contributed by atoms with Crippen molar-refractivity contribution in [3.8, 4) is 5.75 Å². The predicted octanol–water partition coefficient (Wildman–Crippen LogP) is 3.51. The molecule has 0 bridgehead atoms. The van der Waals surface area contributed by atoms with Crippen molar-refractivity contribution in [2.45, 2.75) is 25.4 Å². The molecule has 2 atom stereocenters. The van der Waals surface area contributed by atoms with E-state index in [-0.39, 0.29) is 17.9 Å². The molecule has 1 amide bonds. The fourth-order valence-electron chi connectivity index (χ4n) is 3.16. The lowest BCUT2D eigenvalue weighted by atomic mass is 9.90. The molecule has 1 aliphatic rings. The molecule has 7 heteroatoms. The highest BCUT2D eigenvalue weighted by Crippen LogP contribution is 2.31. The minimum atomic E-state index is -0.0431. The molecule has 0 aromatic heterocycles. The van der Waals surface area contributed by atoms with E-state index in [0.717, 1.165) is 21.5 Å². The van der Waals surface area contributed by atoms with Crippen molar-refractivity contribution in [2.24, 2.45) is 4.99 Å². The molecule has 148 valence electrons. The Balaban J connectivity index is 1.51. The number of nitrogens with one attached hydrogen (secondary N) is 3. The van der Waals surface area contributed by atoms with E-state index in [2.05, 4.69) is 42.9 Å². The largest absolute Gasteiger partial charge is 0.488 e. The summed E-state index contributed by atoms with van der Waals surface area (Å²) in [7, 11) is 1.73. The lowest BCUT2D eigenvalue weighted by Gasteiger charge is -2.26. The van der Waals surface area contributed by atoms with Crippen molar-refractivity contribution in [2.75, 3.05) is 25.5 Å². The highest BCUT2D eigenvalue weighted by atomic mass is 79.9. The van der Waals surface area contributed by atoms with E-state index in [1.54, 1.807) is 7.05 Å². The number of aliphatic imine (C=N–C) groups is 1. The van der Waals surface area contributed by atoms with E-state index in [4.69, 9.17) is 4.74 Å². The van der Waals surface area contributed by atoms with Crippen LogP contribution in [-0.4, -0.2) is 38.1 Å². The van der Waals surface area contributed by atoms with Crippen molar-refractivity contribution in [3.63, 3.8) is 0 Å². The number of amides is 1. The number of ether oxygens (including phenoxy) is 1. The van der Waals surface area contributed by atoms with Gasteiger partial charge in [-0.25, -0.2) is 0 Å². The van der Waals surface area contributed by atoms with Gasteiger partial charge in [-0.15, -0.1) is 0 Å². The molecular formula is C21H25BrN4O2. The molecule has 0 saturated carbocycles. The first-order chi connectivity index (χ1) is 13.6. The molecule has 0 aliphatic carbocycles. The second-order valence-electron chi connectivity index (χ2n) is 6.73. The fraction of sp³-hybridized carbons (Fsp3) is 0.333. The van der Waals surface area contributed by atoms with E-state index in [1.165, 1.54) is 0 Å². The molecule has 0 saturated heterocycles. The number of para-hydroxylation sites is 2. The molecule has 1 aliphatic heterocycles. The van der Waals surface area contributed by atoms with Crippen LogP contribution < -0.4 is 20.7 Å². The van der Waals surface area contributed by atoms with Gasteiger partial charge in [-0.2, -0.15) is 0 Å². The molecule has 0 fully saturated rings. The standard InChI is InChI=1S/C21H25BrN4O2/c1-14(28-19-10-6-4-8-17(19)22)12-24-21(23-2)25-13-15-11-20(27)26-18-9-5-3-7-16(15)18/h3-10,14-15H,11-13H2,1-2H3,(H,26,27)(H2,23,24,25). The van der Waals surface area contributed by atoms with Crippen molar-refractivity contribution < 1.29 is 9.53 Å². The third-order valence-corrected chi connectivity index (χ3v) is 5.22. The van der Waals surface area contributed by atoms with Gasteiger partial charge in [0.15, 0.2) is 5.96 Å². The number of fused-ring (bicyclic) bond motifs is 1. The van der Waals surface area contributed by atoms with Gasteiger partial charge in [0.05, 0.1) is 11.0 Å². The van der Waals surface area contributed by atoms with Crippen LogP contribution in [0.4, 0.5) is 5.69 Å². The van der Waals surface area contributed by atoms with Gasteiger partial charge in [-0.05, 0) is 46.6 Å². The average Bonchev–Trinajstić information content (AvgIpc) is 2.69. The Morgan fingerprint density at radius 3 is 2.79 bits per heavy atom. The monoisotopic (exact) mass is 444 g/mol. The van der Waals surface area contributed by atoms with Crippen LogP contribution in [0.2, 0.25) is 0 Å². The first-order valence-electron chi connectivity index (χ1n) is 9.31. The van der Waals surface area contributed by atoms with Crippen molar-refractivity contribution in [1.29, 1.82) is 0 Å². The van der Waals surface area contributed by atoms with Gasteiger partial charge in [-0.3, -0.25) is 9.79 Å². The Hall–Kier alpha value is -2.54. The van der Waals surface area contributed by atoms with Crippen molar-refractivity contribution >= 4 is 33.5 Å². The van der Waals surface area contributed by atoms with E-state index in [0.29, 0.717) is 25.5 Å². The zero-order valence-electron chi connectivity index (χ0n) is 16.0. The summed E-state index contributed by atoms with van der Waals surface area (Å²) < 4.78 is 6.88. The molecule has 1 heterocycles. The van der Waals surface area contributed by atoms with E-state index in [1.807, 2.05) is 49.4 Å². The van der Waals surface area contributed by atoms with Crippen LogP contribution in [0.3, 0.4) is 0 Å². The lowest BCUT2D eigenvalue weighted by molar-refractivity contribution is -0.116. The summed E-state index contributed by atoms with van der Waals surface area (Å²) in [5.41, 5.74) is 2.04. The molecule has 0 spiro atoms. The average molecular weight is 445 g/mol. The lowest BCUT2D eigenvalue weighted by Crippen LogP contribution is -2.43. The van der Waals surface area contributed by atoms with Gasteiger partial charge < -0.3 is 20.7 Å². The number of hydrogen-bond acceptors (Lipinski definition) is 3. The number of halogens is 1. The molecular weight excluding hydrogens is 420 g/mol. The van der Waals surface area contributed by atoms with Crippen molar-refractivity contribution in [1.82, 2.24) is 10.6 Å². The minimum absolute atomic E-state index is 0.0431. The minimum Gasteiger partial charge on any atom is -0.488 e. The van der Waals surface area contributed by atoms with Gasteiger partial charge in [0.1, 0.15) is 11.9 Å². The molecule has 28 heavy (non-hydrogen) atoms. The normalized spacial score (nSPS) is 17.3. The number of nitrogens with zero attached hydrogens (tertiary/aromatic N) is 1. The van der Waals surface area contributed by atoms with Crippen LogP contribution in [-0.2, 0) is 4.79 Å². The zero-order chi connectivity index (χ0) is 19.9. The third-order valence-electron chi connectivity index (χ3n) is 4.57. The number of benzene rings is 2. The predicted molar refractivity (Wildman–Crippen MR) is 116 cm³/mol. The molecule has 3 N–H and O–H groups in total. The Kier molecular flexibility index (Phi) is 6.92. The Morgan fingerprint density at radius 2 is 2.00 bits per heavy atom. The second kappa shape index (κ2) is 9.59. The molecule has 2 unspecified atom stereocenters. The first kappa shape index (κ1) is 20.2. The molecule has 6 nitrogen and oxygen atoms in total.